The maximum atomic E-state index is 11.9. The molecule has 1 aliphatic heterocycles. The van der Waals surface area contributed by atoms with Crippen molar-refractivity contribution in [1.82, 2.24) is 0 Å². The van der Waals surface area contributed by atoms with Crippen LogP contribution in [0.25, 0.3) is 5.57 Å². The van der Waals surface area contributed by atoms with Crippen LogP contribution in [-0.2, 0) is 9.53 Å². The number of aliphatic imine (C=N–C) groups is 1. The van der Waals surface area contributed by atoms with Crippen molar-refractivity contribution in [2.75, 3.05) is 0 Å². The van der Waals surface area contributed by atoms with Gasteiger partial charge in [-0.25, -0.2) is 9.79 Å². The molecule has 0 N–H and O–H groups in total. The first-order valence-electron chi connectivity index (χ1n) is 5.87. The van der Waals surface area contributed by atoms with E-state index < -0.39 is 5.97 Å². The molecule has 4 heteroatoms. The molecule has 19 heavy (non-hydrogen) atoms. The van der Waals surface area contributed by atoms with Crippen molar-refractivity contribution in [1.29, 1.82) is 0 Å². The Morgan fingerprint density at radius 2 is 1.89 bits per heavy atom. The molecule has 3 rings (SSSR count). The van der Waals surface area contributed by atoms with E-state index in [1.165, 1.54) is 0 Å². The quantitative estimate of drug-likeness (QED) is 0.610. The average molecular weight is 253 g/mol. The molecule has 1 aliphatic rings. The molecule has 0 bridgehead atoms. The van der Waals surface area contributed by atoms with E-state index in [2.05, 4.69) is 4.99 Å². The minimum Gasteiger partial charge on any atom is -0.465 e. The van der Waals surface area contributed by atoms with Crippen molar-refractivity contribution in [3.63, 3.8) is 0 Å². The molecular formula is C15H11NO3. The van der Waals surface area contributed by atoms with Crippen molar-refractivity contribution in [3.8, 4) is 0 Å². The maximum Gasteiger partial charge on any atom is 0.364 e. The summed E-state index contributed by atoms with van der Waals surface area (Å²) in [6, 6.07) is 12.9. The molecule has 0 atom stereocenters. The van der Waals surface area contributed by atoms with Gasteiger partial charge in [-0.1, -0.05) is 18.2 Å². The molecule has 0 spiro atoms. The summed E-state index contributed by atoms with van der Waals surface area (Å²) in [4.78, 5) is 16.1. The largest absolute Gasteiger partial charge is 0.465 e. The molecular weight excluding hydrogens is 242 g/mol. The summed E-state index contributed by atoms with van der Waals surface area (Å²) in [6.45, 7) is 1.78. The van der Waals surface area contributed by atoms with E-state index in [4.69, 9.17) is 9.15 Å². The number of esters is 1. The molecule has 0 fully saturated rings. The summed E-state index contributed by atoms with van der Waals surface area (Å²) in [5.41, 5.74) is 1.73. The number of cyclic esters (lactones) is 1. The third kappa shape index (κ3) is 2.08. The van der Waals surface area contributed by atoms with Crippen molar-refractivity contribution in [3.05, 3.63) is 65.7 Å². The maximum absolute atomic E-state index is 11.9. The molecule has 0 aliphatic carbocycles. The SMILES string of the molecule is CC(=C1N=C(c2ccccc2)OC1=O)c1ccco1. The lowest BCUT2D eigenvalue weighted by atomic mass is 10.2. The number of allylic oxidation sites excluding steroid dienone is 1. The number of hydrogen-bond acceptors (Lipinski definition) is 4. The zero-order valence-electron chi connectivity index (χ0n) is 10.3. The molecule has 1 aromatic carbocycles. The molecule has 1 aromatic heterocycles. The van der Waals surface area contributed by atoms with Crippen LogP contribution in [0.1, 0.15) is 18.2 Å². The average Bonchev–Trinajstić information content (AvgIpc) is 3.08. The highest BCUT2D eigenvalue weighted by atomic mass is 16.6. The minimum absolute atomic E-state index is 0.286. The number of hydrogen-bond donors (Lipinski definition) is 0. The number of furan rings is 1. The number of ether oxygens (including phenoxy) is 1. The molecule has 94 valence electrons. The van der Waals surface area contributed by atoms with E-state index in [9.17, 15) is 4.79 Å². The monoisotopic (exact) mass is 253 g/mol. The van der Waals surface area contributed by atoms with Crippen LogP contribution in [0.3, 0.4) is 0 Å². The first kappa shape index (κ1) is 11.5. The van der Waals surface area contributed by atoms with E-state index in [1.54, 1.807) is 25.3 Å². The second-order valence-corrected chi connectivity index (χ2v) is 4.12. The summed E-state index contributed by atoms with van der Waals surface area (Å²) in [6.07, 6.45) is 1.56. The second kappa shape index (κ2) is 4.57. The summed E-state index contributed by atoms with van der Waals surface area (Å²) < 4.78 is 10.5. The summed E-state index contributed by atoms with van der Waals surface area (Å²) in [7, 11) is 0. The Morgan fingerprint density at radius 1 is 1.11 bits per heavy atom. The summed E-state index contributed by atoms with van der Waals surface area (Å²) >= 11 is 0. The van der Waals surface area contributed by atoms with Gasteiger partial charge in [0.2, 0.25) is 5.90 Å². The highest BCUT2D eigenvalue weighted by Crippen LogP contribution is 2.25. The van der Waals surface area contributed by atoms with Crippen molar-refractivity contribution >= 4 is 17.4 Å². The lowest BCUT2D eigenvalue weighted by Gasteiger charge is -1.97. The Labute approximate surface area is 110 Å². The van der Waals surface area contributed by atoms with E-state index in [1.807, 2.05) is 30.3 Å². The standard InChI is InChI=1S/C15H11NO3/c1-10(12-8-5-9-18-12)13-15(17)19-14(16-13)11-6-3-2-4-7-11/h2-9H,1H3. The van der Waals surface area contributed by atoms with Gasteiger partial charge in [-0.15, -0.1) is 0 Å². The molecule has 4 nitrogen and oxygen atoms in total. The van der Waals surface area contributed by atoms with Crippen LogP contribution < -0.4 is 0 Å². The van der Waals surface area contributed by atoms with Crippen LogP contribution in [-0.4, -0.2) is 11.9 Å². The number of carbonyl (C=O) groups is 1. The highest BCUT2D eigenvalue weighted by molar-refractivity contribution is 6.13. The van der Waals surface area contributed by atoms with Gasteiger partial charge in [0.05, 0.1) is 6.26 Å². The van der Waals surface area contributed by atoms with Gasteiger partial charge < -0.3 is 9.15 Å². The van der Waals surface area contributed by atoms with Crippen LogP contribution >= 0.6 is 0 Å². The smallest absolute Gasteiger partial charge is 0.364 e. The van der Waals surface area contributed by atoms with Gasteiger partial charge in [0.25, 0.3) is 0 Å². The van der Waals surface area contributed by atoms with E-state index >= 15 is 0 Å². The first-order chi connectivity index (χ1) is 9.25. The Kier molecular flexibility index (Phi) is 2.76. The number of carbonyl (C=O) groups excluding carboxylic acids is 1. The van der Waals surface area contributed by atoms with Crippen LogP contribution in [0.5, 0.6) is 0 Å². The zero-order valence-corrected chi connectivity index (χ0v) is 10.3. The zero-order chi connectivity index (χ0) is 13.2. The Hall–Kier alpha value is -2.62. The first-order valence-corrected chi connectivity index (χ1v) is 5.87. The van der Waals surface area contributed by atoms with Gasteiger partial charge in [0, 0.05) is 11.1 Å². The van der Waals surface area contributed by atoms with Gasteiger partial charge in [-0.2, -0.15) is 0 Å². The van der Waals surface area contributed by atoms with Crippen LogP contribution in [0.4, 0.5) is 0 Å². The third-order valence-corrected chi connectivity index (χ3v) is 2.86. The Morgan fingerprint density at radius 3 is 2.58 bits per heavy atom. The molecule has 2 heterocycles. The van der Waals surface area contributed by atoms with Gasteiger partial charge >= 0.3 is 5.97 Å². The molecule has 0 unspecified atom stereocenters. The number of benzene rings is 1. The van der Waals surface area contributed by atoms with Gasteiger partial charge in [-0.3, -0.25) is 0 Å². The van der Waals surface area contributed by atoms with Crippen molar-refractivity contribution < 1.29 is 13.9 Å². The van der Waals surface area contributed by atoms with Gasteiger partial charge in [0.1, 0.15) is 5.76 Å². The van der Waals surface area contributed by atoms with E-state index in [0.717, 1.165) is 5.56 Å². The molecule has 0 saturated heterocycles. The van der Waals surface area contributed by atoms with Crippen LogP contribution in [0.2, 0.25) is 0 Å². The summed E-state index contributed by atoms with van der Waals surface area (Å²) in [5.74, 6) is 0.490. The lowest BCUT2D eigenvalue weighted by Crippen LogP contribution is -2.05. The second-order valence-electron chi connectivity index (χ2n) is 4.12. The highest BCUT2D eigenvalue weighted by Gasteiger charge is 2.27. The molecule has 2 aromatic rings. The molecule has 0 radical (unpaired) electrons. The van der Waals surface area contributed by atoms with Gasteiger partial charge in [0.15, 0.2) is 5.70 Å². The van der Waals surface area contributed by atoms with Crippen LogP contribution in [0, 0.1) is 0 Å². The fourth-order valence-corrected chi connectivity index (χ4v) is 1.86. The minimum atomic E-state index is -0.451. The topological polar surface area (TPSA) is 51.8 Å². The normalized spacial score (nSPS) is 17.1. The lowest BCUT2D eigenvalue weighted by molar-refractivity contribution is -0.129. The predicted molar refractivity (Wildman–Crippen MR) is 70.4 cm³/mol. The fraction of sp³-hybridized carbons (Fsp3) is 0.0667. The Bertz CT molecular complexity index is 667. The van der Waals surface area contributed by atoms with E-state index in [0.29, 0.717) is 17.2 Å². The molecule has 0 saturated carbocycles. The Balaban J connectivity index is 2.03. The van der Waals surface area contributed by atoms with E-state index in [-0.39, 0.29) is 5.70 Å². The summed E-state index contributed by atoms with van der Waals surface area (Å²) in [5, 5.41) is 0. The van der Waals surface area contributed by atoms with Crippen molar-refractivity contribution in [2.24, 2.45) is 4.99 Å². The predicted octanol–water partition coefficient (Wildman–Crippen LogP) is 3.01. The third-order valence-electron chi connectivity index (χ3n) is 2.86. The fourth-order valence-electron chi connectivity index (χ4n) is 1.86. The van der Waals surface area contributed by atoms with Gasteiger partial charge in [-0.05, 0) is 31.2 Å². The molecule has 0 amide bonds. The van der Waals surface area contributed by atoms with Crippen molar-refractivity contribution in [2.45, 2.75) is 6.92 Å². The number of nitrogens with zero attached hydrogens (tertiary/aromatic N) is 1. The van der Waals surface area contributed by atoms with Crippen LogP contribution in [0.15, 0.2) is 63.8 Å². The number of rotatable bonds is 2.